The fourth-order valence-electron chi connectivity index (χ4n) is 3.51. The molecule has 1 N–H and O–H groups in total. The topological polar surface area (TPSA) is 78.7 Å². The highest BCUT2D eigenvalue weighted by molar-refractivity contribution is 5.85. The first-order valence-corrected chi connectivity index (χ1v) is 9.43. The second kappa shape index (κ2) is 8.44. The van der Waals surface area contributed by atoms with Crippen molar-refractivity contribution in [3.05, 3.63) is 18.7 Å². The summed E-state index contributed by atoms with van der Waals surface area (Å²) in [7, 11) is 1.86. The van der Waals surface area contributed by atoms with E-state index in [0.717, 1.165) is 18.9 Å². The average Bonchev–Trinajstić information content (AvgIpc) is 3.12. The van der Waals surface area contributed by atoms with Gasteiger partial charge < -0.3 is 15.1 Å². The molecular weight excluding hydrogens is 330 g/mol. The Morgan fingerprint density at radius 2 is 2.35 bits per heavy atom. The summed E-state index contributed by atoms with van der Waals surface area (Å²) in [5.74, 6) is 1.44. The molecule has 3 rings (SSSR count). The van der Waals surface area contributed by atoms with Gasteiger partial charge in [0, 0.05) is 32.5 Å². The molecular formula is C18H29N7O. The SMILES string of the molecule is C[C@@H]1CCCN(CCCNC(=O)[C@H](C)N(C)c2nccn3cnnc23)C1. The number of nitrogens with one attached hydrogen (secondary N) is 1. The van der Waals surface area contributed by atoms with Crippen molar-refractivity contribution in [2.45, 2.75) is 39.2 Å². The number of likely N-dealkylation sites (N-methyl/N-ethyl adjacent to an activating group) is 1. The van der Waals surface area contributed by atoms with Crippen LogP contribution in [0.1, 0.15) is 33.1 Å². The Labute approximate surface area is 154 Å². The molecule has 1 aliphatic rings. The van der Waals surface area contributed by atoms with Gasteiger partial charge in [0.05, 0.1) is 0 Å². The van der Waals surface area contributed by atoms with E-state index in [9.17, 15) is 4.79 Å². The van der Waals surface area contributed by atoms with E-state index < -0.39 is 0 Å². The summed E-state index contributed by atoms with van der Waals surface area (Å²) in [5, 5.41) is 11.0. The summed E-state index contributed by atoms with van der Waals surface area (Å²) >= 11 is 0. The lowest BCUT2D eigenvalue weighted by Gasteiger charge is -2.30. The van der Waals surface area contributed by atoms with Gasteiger partial charge in [0.15, 0.2) is 5.82 Å². The van der Waals surface area contributed by atoms with Gasteiger partial charge in [-0.2, -0.15) is 0 Å². The minimum absolute atomic E-state index is 0.00262. The maximum atomic E-state index is 12.5. The van der Waals surface area contributed by atoms with E-state index in [0.29, 0.717) is 18.0 Å². The average molecular weight is 359 g/mol. The number of piperidine rings is 1. The second-order valence-corrected chi connectivity index (χ2v) is 7.29. The minimum Gasteiger partial charge on any atom is -0.354 e. The molecule has 2 atom stereocenters. The number of aromatic nitrogens is 4. The third-order valence-corrected chi connectivity index (χ3v) is 5.18. The zero-order chi connectivity index (χ0) is 18.5. The molecule has 0 bridgehead atoms. The van der Waals surface area contributed by atoms with Crippen LogP contribution in [0.15, 0.2) is 18.7 Å². The van der Waals surface area contributed by atoms with Crippen molar-refractivity contribution in [2.75, 3.05) is 38.1 Å². The quantitative estimate of drug-likeness (QED) is 0.748. The number of carbonyl (C=O) groups is 1. The molecule has 1 fully saturated rings. The van der Waals surface area contributed by atoms with Crippen molar-refractivity contribution in [3.8, 4) is 0 Å². The van der Waals surface area contributed by atoms with Crippen LogP contribution < -0.4 is 10.2 Å². The van der Waals surface area contributed by atoms with Crippen molar-refractivity contribution in [1.82, 2.24) is 29.8 Å². The molecule has 2 aromatic heterocycles. The molecule has 0 radical (unpaired) electrons. The van der Waals surface area contributed by atoms with E-state index in [1.807, 2.05) is 18.9 Å². The van der Waals surface area contributed by atoms with Crippen LogP contribution in [0, 0.1) is 5.92 Å². The molecule has 0 aromatic carbocycles. The number of likely N-dealkylation sites (tertiary alicyclic amines) is 1. The van der Waals surface area contributed by atoms with Crippen molar-refractivity contribution >= 4 is 17.4 Å². The molecule has 1 saturated heterocycles. The summed E-state index contributed by atoms with van der Waals surface area (Å²) in [5.41, 5.74) is 0.647. The normalized spacial score (nSPS) is 19.4. The van der Waals surface area contributed by atoms with Gasteiger partial charge in [0.25, 0.3) is 0 Å². The van der Waals surface area contributed by atoms with Crippen LogP contribution in [0.4, 0.5) is 5.82 Å². The van der Waals surface area contributed by atoms with Gasteiger partial charge in [0.2, 0.25) is 11.6 Å². The molecule has 142 valence electrons. The number of rotatable bonds is 7. The lowest BCUT2D eigenvalue weighted by atomic mass is 10.0. The number of hydrogen-bond acceptors (Lipinski definition) is 6. The van der Waals surface area contributed by atoms with E-state index in [-0.39, 0.29) is 11.9 Å². The third-order valence-electron chi connectivity index (χ3n) is 5.18. The number of nitrogens with zero attached hydrogens (tertiary/aromatic N) is 6. The van der Waals surface area contributed by atoms with Crippen LogP contribution in [0.2, 0.25) is 0 Å². The van der Waals surface area contributed by atoms with E-state index in [1.54, 1.807) is 23.1 Å². The molecule has 0 aliphatic carbocycles. The molecule has 8 heteroatoms. The third kappa shape index (κ3) is 4.30. The predicted octanol–water partition coefficient (Wildman–Crippen LogP) is 1.19. The molecule has 3 heterocycles. The minimum atomic E-state index is -0.333. The van der Waals surface area contributed by atoms with E-state index in [1.165, 1.54) is 25.9 Å². The molecule has 0 spiro atoms. The summed E-state index contributed by atoms with van der Waals surface area (Å²) < 4.78 is 1.79. The van der Waals surface area contributed by atoms with Crippen LogP contribution in [-0.4, -0.2) is 69.7 Å². The van der Waals surface area contributed by atoms with Gasteiger partial charge in [-0.3, -0.25) is 9.20 Å². The van der Waals surface area contributed by atoms with Gasteiger partial charge in [0.1, 0.15) is 12.4 Å². The number of fused-ring (bicyclic) bond motifs is 1. The maximum Gasteiger partial charge on any atom is 0.242 e. The summed E-state index contributed by atoms with van der Waals surface area (Å²) in [6.45, 7) is 8.31. The van der Waals surface area contributed by atoms with Gasteiger partial charge in [-0.1, -0.05) is 6.92 Å². The summed E-state index contributed by atoms with van der Waals surface area (Å²) in [6.07, 6.45) is 8.71. The number of amides is 1. The first kappa shape index (κ1) is 18.6. The highest BCUT2D eigenvalue weighted by atomic mass is 16.2. The fraction of sp³-hybridized carbons (Fsp3) is 0.667. The Bertz CT molecular complexity index is 731. The molecule has 1 aliphatic heterocycles. The molecule has 26 heavy (non-hydrogen) atoms. The standard InChI is InChI=1S/C18H29N7O/c1-14-6-4-9-24(12-14)10-5-7-20-18(26)15(2)23(3)16-17-22-21-13-25(17)11-8-19-16/h8,11,13-15H,4-7,9-10,12H2,1-3H3,(H,20,26)/t14-,15+/m1/s1. The Hall–Kier alpha value is -2.22. The Morgan fingerprint density at radius 1 is 1.50 bits per heavy atom. The Morgan fingerprint density at radius 3 is 3.15 bits per heavy atom. The smallest absolute Gasteiger partial charge is 0.242 e. The zero-order valence-electron chi connectivity index (χ0n) is 15.9. The molecule has 8 nitrogen and oxygen atoms in total. The van der Waals surface area contributed by atoms with Crippen LogP contribution in [-0.2, 0) is 4.79 Å². The fourth-order valence-corrected chi connectivity index (χ4v) is 3.51. The maximum absolute atomic E-state index is 12.5. The first-order chi connectivity index (χ1) is 12.6. The zero-order valence-corrected chi connectivity index (χ0v) is 15.9. The first-order valence-electron chi connectivity index (χ1n) is 9.43. The van der Waals surface area contributed by atoms with Gasteiger partial charge in [-0.05, 0) is 45.2 Å². The molecule has 1 amide bonds. The molecule has 0 unspecified atom stereocenters. The monoisotopic (exact) mass is 359 g/mol. The van der Waals surface area contributed by atoms with Gasteiger partial charge in [-0.25, -0.2) is 4.98 Å². The van der Waals surface area contributed by atoms with Gasteiger partial charge >= 0.3 is 0 Å². The lowest BCUT2D eigenvalue weighted by Crippen LogP contribution is -2.44. The number of anilines is 1. The van der Waals surface area contributed by atoms with Gasteiger partial charge in [-0.15, -0.1) is 10.2 Å². The number of carbonyl (C=O) groups excluding carboxylic acids is 1. The molecule has 2 aromatic rings. The largest absolute Gasteiger partial charge is 0.354 e. The van der Waals surface area contributed by atoms with E-state index >= 15 is 0 Å². The highest BCUT2D eigenvalue weighted by Gasteiger charge is 2.22. The summed E-state index contributed by atoms with van der Waals surface area (Å²) in [6, 6.07) is -0.333. The van der Waals surface area contributed by atoms with Crippen molar-refractivity contribution in [2.24, 2.45) is 5.92 Å². The Balaban J connectivity index is 1.47. The number of hydrogen-bond donors (Lipinski definition) is 1. The van der Waals surface area contributed by atoms with Crippen LogP contribution in [0.3, 0.4) is 0 Å². The molecule has 0 saturated carbocycles. The summed E-state index contributed by atoms with van der Waals surface area (Å²) in [4.78, 5) is 21.2. The van der Waals surface area contributed by atoms with E-state index in [4.69, 9.17) is 0 Å². The predicted molar refractivity (Wildman–Crippen MR) is 101 cm³/mol. The van der Waals surface area contributed by atoms with Crippen LogP contribution >= 0.6 is 0 Å². The lowest BCUT2D eigenvalue weighted by molar-refractivity contribution is -0.122. The highest BCUT2D eigenvalue weighted by Crippen LogP contribution is 2.17. The van der Waals surface area contributed by atoms with Crippen LogP contribution in [0.25, 0.3) is 5.65 Å². The Kier molecular flexibility index (Phi) is 6.03. The van der Waals surface area contributed by atoms with Crippen LogP contribution in [0.5, 0.6) is 0 Å². The van der Waals surface area contributed by atoms with Crippen molar-refractivity contribution in [1.29, 1.82) is 0 Å². The van der Waals surface area contributed by atoms with E-state index in [2.05, 4.69) is 32.3 Å². The second-order valence-electron chi connectivity index (χ2n) is 7.29. The van der Waals surface area contributed by atoms with Crippen molar-refractivity contribution in [3.63, 3.8) is 0 Å². The van der Waals surface area contributed by atoms with Crippen molar-refractivity contribution < 1.29 is 4.79 Å².